The molecule has 110 valence electrons. The van der Waals surface area contributed by atoms with Crippen LogP contribution in [0.25, 0.3) is 0 Å². The van der Waals surface area contributed by atoms with Crippen LogP contribution in [0.5, 0.6) is 5.75 Å². The highest BCUT2D eigenvalue weighted by atomic mass is 19.1. The Morgan fingerprint density at radius 3 is 2.65 bits per heavy atom. The highest BCUT2D eigenvalue weighted by Gasteiger charge is 2.42. The van der Waals surface area contributed by atoms with Crippen LogP contribution in [0.3, 0.4) is 0 Å². The first kappa shape index (κ1) is 14.6. The third-order valence-electron chi connectivity index (χ3n) is 3.37. The maximum absolute atomic E-state index is 13.7. The summed E-state index contributed by atoms with van der Waals surface area (Å²) < 4.78 is 37.6. The number of nitrogens with zero attached hydrogens (tertiary/aromatic N) is 1. The molecule has 1 saturated carbocycles. The summed E-state index contributed by atoms with van der Waals surface area (Å²) in [6.07, 6.45) is -0.127. The van der Waals surface area contributed by atoms with Gasteiger partial charge in [-0.2, -0.15) is 4.39 Å². The smallest absolute Gasteiger partial charge is 0.307 e. The molecule has 0 amide bonds. The van der Waals surface area contributed by atoms with E-state index in [0.29, 0.717) is 18.6 Å². The fraction of sp³-hybridized carbons (Fsp3) is 0.500. The second-order valence-electron chi connectivity index (χ2n) is 4.48. The third-order valence-corrected chi connectivity index (χ3v) is 3.37. The number of halogens is 2. The van der Waals surface area contributed by atoms with Gasteiger partial charge >= 0.3 is 5.69 Å². The Labute approximate surface area is 113 Å². The number of benzene rings is 1. The van der Waals surface area contributed by atoms with Crippen LogP contribution in [0.1, 0.15) is 6.42 Å². The number of rotatable bonds is 5. The number of nitro groups is 1. The van der Waals surface area contributed by atoms with Crippen molar-refractivity contribution in [3.8, 4) is 5.75 Å². The molecule has 0 spiro atoms. The van der Waals surface area contributed by atoms with E-state index in [4.69, 9.17) is 9.47 Å². The van der Waals surface area contributed by atoms with E-state index in [2.05, 4.69) is 5.32 Å². The first-order valence-corrected chi connectivity index (χ1v) is 5.98. The standard InChI is InChI=1S/C12H14F2N2O4/c1-15-8-5-11(12(8)19-2)20-10-4-6(13)9(16(17)18)3-7(10)14/h3-4,8,11-12,15H,5H2,1-2H3. The van der Waals surface area contributed by atoms with Gasteiger partial charge in [-0.15, -0.1) is 0 Å². The van der Waals surface area contributed by atoms with E-state index in [1.807, 2.05) is 0 Å². The minimum Gasteiger partial charge on any atom is -0.484 e. The summed E-state index contributed by atoms with van der Waals surface area (Å²) in [7, 11) is 3.26. The monoisotopic (exact) mass is 288 g/mol. The predicted octanol–water partition coefficient (Wildman–Crippen LogP) is 1.63. The van der Waals surface area contributed by atoms with E-state index in [-0.39, 0.29) is 17.9 Å². The number of likely N-dealkylation sites (N-methyl/N-ethyl adjacent to an activating group) is 1. The molecule has 1 aromatic rings. The number of methoxy groups -OCH3 is 1. The molecule has 1 N–H and O–H groups in total. The molecule has 8 heteroatoms. The van der Waals surface area contributed by atoms with Gasteiger partial charge in [0.2, 0.25) is 5.82 Å². The van der Waals surface area contributed by atoms with E-state index >= 15 is 0 Å². The van der Waals surface area contributed by atoms with Gasteiger partial charge in [-0.1, -0.05) is 0 Å². The van der Waals surface area contributed by atoms with Crippen LogP contribution < -0.4 is 10.1 Å². The predicted molar refractivity (Wildman–Crippen MR) is 65.7 cm³/mol. The number of hydrogen-bond donors (Lipinski definition) is 1. The summed E-state index contributed by atoms with van der Waals surface area (Å²) in [6.45, 7) is 0. The molecule has 3 atom stereocenters. The molecule has 1 aromatic carbocycles. The summed E-state index contributed by atoms with van der Waals surface area (Å²) in [5, 5.41) is 13.5. The Hall–Kier alpha value is -1.80. The Morgan fingerprint density at radius 2 is 2.10 bits per heavy atom. The fourth-order valence-electron chi connectivity index (χ4n) is 2.21. The lowest BCUT2D eigenvalue weighted by Gasteiger charge is -2.42. The second kappa shape index (κ2) is 5.68. The molecule has 0 bridgehead atoms. The minimum absolute atomic E-state index is 0.0796. The normalized spacial score (nSPS) is 25.1. The van der Waals surface area contributed by atoms with Gasteiger partial charge in [0, 0.05) is 25.6 Å². The molecule has 2 rings (SSSR count). The van der Waals surface area contributed by atoms with Crippen LogP contribution in [-0.4, -0.2) is 37.3 Å². The Balaban J connectivity index is 2.15. The number of nitro benzene ring substituents is 1. The molecule has 0 saturated heterocycles. The van der Waals surface area contributed by atoms with E-state index in [0.717, 1.165) is 0 Å². The molecular formula is C12H14F2N2O4. The summed E-state index contributed by atoms with van der Waals surface area (Å²) in [6, 6.07) is 1.28. The van der Waals surface area contributed by atoms with Gasteiger partial charge in [-0.25, -0.2) is 4.39 Å². The molecule has 1 fully saturated rings. The van der Waals surface area contributed by atoms with E-state index in [9.17, 15) is 18.9 Å². The van der Waals surface area contributed by atoms with Gasteiger partial charge < -0.3 is 14.8 Å². The Kier molecular flexibility index (Phi) is 4.15. The molecule has 0 radical (unpaired) electrons. The summed E-state index contributed by atoms with van der Waals surface area (Å²) in [5.41, 5.74) is -0.917. The highest BCUT2D eigenvalue weighted by molar-refractivity contribution is 5.39. The average Bonchev–Trinajstić information content (AvgIpc) is 2.37. The van der Waals surface area contributed by atoms with Crippen molar-refractivity contribution in [3.63, 3.8) is 0 Å². The van der Waals surface area contributed by atoms with Crippen LogP contribution in [0, 0.1) is 21.7 Å². The van der Waals surface area contributed by atoms with Gasteiger partial charge in [-0.05, 0) is 7.05 Å². The molecule has 1 aliphatic rings. The van der Waals surface area contributed by atoms with E-state index in [1.165, 1.54) is 7.11 Å². The molecule has 6 nitrogen and oxygen atoms in total. The summed E-state index contributed by atoms with van der Waals surface area (Å²) in [4.78, 5) is 9.50. The number of ether oxygens (including phenoxy) is 2. The van der Waals surface area contributed by atoms with Gasteiger partial charge in [-0.3, -0.25) is 10.1 Å². The van der Waals surface area contributed by atoms with E-state index in [1.54, 1.807) is 7.05 Å². The topological polar surface area (TPSA) is 73.6 Å². The van der Waals surface area contributed by atoms with E-state index < -0.39 is 28.3 Å². The van der Waals surface area contributed by atoms with Crippen molar-refractivity contribution >= 4 is 5.69 Å². The van der Waals surface area contributed by atoms with Gasteiger partial charge in [0.25, 0.3) is 0 Å². The maximum Gasteiger partial charge on any atom is 0.307 e. The lowest BCUT2D eigenvalue weighted by atomic mass is 9.85. The van der Waals surface area contributed by atoms with Crippen LogP contribution in [0.4, 0.5) is 14.5 Å². The zero-order valence-electron chi connectivity index (χ0n) is 10.9. The van der Waals surface area contributed by atoms with Crippen LogP contribution in [-0.2, 0) is 4.74 Å². The van der Waals surface area contributed by atoms with Crippen molar-refractivity contribution in [3.05, 3.63) is 33.9 Å². The lowest BCUT2D eigenvalue weighted by molar-refractivity contribution is -0.387. The largest absolute Gasteiger partial charge is 0.484 e. The molecule has 1 aliphatic carbocycles. The zero-order chi connectivity index (χ0) is 14.9. The Morgan fingerprint density at radius 1 is 1.40 bits per heavy atom. The van der Waals surface area contributed by atoms with Crippen molar-refractivity contribution in [1.29, 1.82) is 0 Å². The van der Waals surface area contributed by atoms with Crippen molar-refractivity contribution in [2.75, 3.05) is 14.2 Å². The quantitative estimate of drug-likeness (QED) is 0.658. The van der Waals surface area contributed by atoms with Gasteiger partial charge in [0.05, 0.1) is 11.0 Å². The average molecular weight is 288 g/mol. The SMILES string of the molecule is CNC1CC(Oc2cc(F)c([N+](=O)[O-])cc2F)C1OC. The molecule has 0 aromatic heterocycles. The molecule has 20 heavy (non-hydrogen) atoms. The lowest BCUT2D eigenvalue weighted by Crippen LogP contribution is -2.60. The third kappa shape index (κ3) is 2.56. The fourth-order valence-corrected chi connectivity index (χ4v) is 2.21. The maximum atomic E-state index is 13.7. The zero-order valence-corrected chi connectivity index (χ0v) is 10.9. The number of nitrogens with one attached hydrogen (secondary N) is 1. The van der Waals surface area contributed by atoms with Crippen LogP contribution in [0.2, 0.25) is 0 Å². The first-order chi connectivity index (χ1) is 9.47. The summed E-state index contributed by atoms with van der Waals surface area (Å²) in [5.74, 6) is -2.46. The van der Waals surface area contributed by atoms with Crippen molar-refractivity contribution in [2.24, 2.45) is 0 Å². The Bertz CT molecular complexity index is 526. The van der Waals surface area contributed by atoms with Crippen molar-refractivity contribution < 1.29 is 23.2 Å². The molecular weight excluding hydrogens is 274 g/mol. The molecule has 0 heterocycles. The van der Waals surface area contributed by atoms with Crippen molar-refractivity contribution in [2.45, 2.75) is 24.7 Å². The minimum atomic E-state index is -1.13. The number of hydrogen-bond acceptors (Lipinski definition) is 5. The molecule has 0 aliphatic heterocycles. The first-order valence-electron chi connectivity index (χ1n) is 5.98. The van der Waals surface area contributed by atoms with Gasteiger partial charge in [0.15, 0.2) is 11.6 Å². The molecule has 3 unspecified atom stereocenters. The van der Waals surface area contributed by atoms with Crippen LogP contribution >= 0.6 is 0 Å². The summed E-state index contributed by atoms with van der Waals surface area (Å²) >= 11 is 0. The van der Waals surface area contributed by atoms with Crippen molar-refractivity contribution in [1.82, 2.24) is 5.32 Å². The highest BCUT2D eigenvalue weighted by Crippen LogP contribution is 2.32. The second-order valence-corrected chi connectivity index (χ2v) is 4.48. The van der Waals surface area contributed by atoms with Gasteiger partial charge in [0.1, 0.15) is 12.2 Å². The van der Waals surface area contributed by atoms with Crippen LogP contribution in [0.15, 0.2) is 12.1 Å².